The van der Waals surface area contributed by atoms with Crippen molar-refractivity contribution >= 4 is 17.9 Å². The maximum absolute atomic E-state index is 13.7. The molecule has 0 aliphatic carbocycles. The van der Waals surface area contributed by atoms with Crippen molar-refractivity contribution in [3.05, 3.63) is 84.2 Å². The van der Waals surface area contributed by atoms with Crippen molar-refractivity contribution in [2.24, 2.45) is 0 Å². The van der Waals surface area contributed by atoms with E-state index in [-0.39, 0.29) is 18.5 Å². The minimum atomic E-state index is -0.259. The molecule has 4 N–H and O–H groups in total. The molecule has 3 aromatic heterocycles. The second kappa shape index (κ2) is 11.1. The number of halogens is 1. The number of rotatable bonds is 8. The highest BCUT2D eigenvalue weighted by molar-refractivity contribution is 5.94. The van der Waals surface area contributed by atoms with Gasteiger partial charge in [0.05, 0.1) is 41.6 Å². The van der Waals surface area contributed by atoms with E-state index in [4.69, 9.17) is 15.5 Å². The Bertz CT molecular complexity index is 1420. The number of imidazole rings is 1. The summed E-state index contributed by atoms with van der Waals surface area (Å²) in [6, 6.07) is 14.0. The number of anilines is 1. The lowest BCUT2D eigenvalue weighted by Crippen LogP contribution is -2.28. The van der Waals surface area contributed by atoms with Crippen LogP contribution in [0.15, 0.2) is 67.0 Å². The third-order valence-electron chi connectivity index (χ3n) is 6.13. The van der Waals surface area contributed by atoms with E-state index < -0.39 is 0 Å². The van der Waals surface area contributed by atoms with Gasteiger partial charge in [0, 0.05) is 19.3 Å². The number of aliphatic hydroxyl groups is 1. The first-order chi connectivity index (χ1) is 18.1. The van der Waals surface area contributed by atoms with Crippen LogP contribution < -0.4 is 5.32 Å². The van der Waals surface area contributed by atoms with Crippen LogP contribution in [0.2, 0.25) is 0 Å². The lowest BCUT2D eigenvalue weighted by Gasteiger charge is -2.26. The van der Waals surface area contributed by atoms with Gasteiger partial charge in [0.15, 0.2) is 0 Å². The number of pyridine rings is 1. The summed E-state index contributed by atoms with van der Waals surface area (Å²) in [6.45, 7) is 1.11. The van der Waals surface area contributed by atoms with Gasteiger partial charge in [-0.1, -0.05) is 18.2 Å². The van der Waals surface area contributed by atoms with Crippen LogP contribution in [0.1, 0.15) is 30.3 Å². The number of nitrogens with one attached hydrogen (secondary N) is 3. The third-order valence-corrected chi connectivity index (χ3v) is 6.13. The molecule has 9 nitrogen and oxygen atoms in total. The fraction of sp³-hybridized carbons (Fsp3) is 0.222. The van der Waals surface area contributed by atoms with Crippen LogP contribution in [0.5, 0.6) is 0 Å². The Morgan fingerprint density at radius 3 is 2.84 bits per heavy atom. The van der Waals surface area contributed by atoms with Crippen LogP contribution in [-0.2, 0) is 0 Å². The van der Waals surface area contributed by atoms with Crippen molar-refractivity contribution in [1.82, 2.24) is 29.8 Å². The number of aromatic amines is 1. The van der Waals surface area contributed by atoms with Gasteiger partial charge >= 0.3 is 0 Å². The van der Waals surface area contributed by atoms with Crippen molar-refractivity contribution in [3.63, 3.8) is 0 Å². The highest BCUT2D eigenvalue weighted by Gasteiger charge is 2.27. The Morgan fingerprint density at radius 1 is 1.14 bits per heavy atom. The molecule has 10 heteroatoms. The van der Waals surface area contributed by atoms with E-state index in [1.54, 1.807) is 42.7 Å². The Balaban J connectivity index is 1.29. The number of aromatic nitrogens is 5. The fourth-order valence-electron chi connectivity index (χ4n) is 4.40. The lowest BCUT2D eigenvalue weighted by molar-refractivity contribution is 0.311. The van der Waals surface area contributed by atoms with Gasteiger partial charge in [0.1, 0.15) is 17.5 Å². The summed E-state index contributed by atoms with van der Waals surface area (Å²) in [6.07, 6.45) is 8.66. The average molecular weight is 499 g/mol. The van der Waals surface area contributed by atoms with Gasteiger partial charge < -0.3 is 20.3 Å². The molecule has 0 amide bonds. The Morgan fingerprint density at radius 2 is 1.97 bits per heavy atom. The minimum Gasteiger partial charge on any atom is -0.395 e. The molecule has 0 spiro atoms. The number of amidine groups is 1. The summed E-state index contributed by atoms with van der Waals surface area (Å²) in [7, 11) is 0. The molecule has 4 aromatic rings. The largest absolute Gasteiger partial charge is 0.395 e. The molecule has 1 aliphatic rings. The summed E-state index contributed by atoms with van der Waals surface area (Å²) >= 11 is 0. The first kappa shape index (κ1) is 24.3. The normalized spacial score (nSPS) is 15.4. The smallest absolute Gasteiger partial charge is 0.223 e. The molecule has 188 valence electrons. The molecule has 0 bridgehead atoms. The van der Waals surface area contributed by atoms with Gasteiger partial charge in [-0.25, -0.2) is 24.3 Å². The first-order valence-electron chi connectivity index (χ1n) is 12.1. The van der Waals surface area contributed by atoms with Gasteiger partial charge in [-0.05, 0) is 60.9 Å². The second-order valence-electron chi connectivity index (χ2n) is 8.63. The van der Waals surface area contributed by atoms with Gasteiger partial charge in [-0.2, -0.15) is 0 Å². The molecule has 1 saturated heterocycles. The number of likely N-dealkylation sites (tertiary alicyclic amines) is 1. The third kappa shape index (κ3) is 5.70. The summed E-state index contributed by atoms with van der Waals surface area (Å²) in [5, 5.41) is 20.5. The zero-order valence-corrected chi connectivity index (χ0v) is 20.1. The van der Waals surface area contributed by atoms with E-state index in [1.807, 2.05) is 29.2 Å². The number of H-pyrrole nitrogens is 1. The summed E-state index contributed by atoms with van der Waals surface area (Å²) in [5.74, 6) is 1.13. The average Bonchev–Trinajstić information content (AvgIpc) is 3.61. The molecule has 1 unspecified atom stereocenters. The molecular weight excluding hydrogens is 471 g/mol. The van der Waals surface area contributed by atoms with Gasteiger partial charge in [0.25, 0.3) is 0 Å². The van der Waals surface area contributed by atoms with Crippen LogP contribution in [0.4, 0.5) is 10.3 Å². The van der Waals surface area contributed by atoms with Crippen molar-refractivity contribution in [1.29, 1.82) is 5.41 Å². The highest BCUT2D eigenvalue weighted by atomic mass is 19.1. The van der Waals surface area contributed by atoms with Crippen molar-refractivity contribution in [2.75, 3.05) is 25.0 Å². The van der Waals surface area contributed by atoms with Crippen LogP contribution in [-0.4, -0.2) is 60.5 Å². The summed E-state index contributed by atoms with van der Waals surface area (Å²) < 4.78 is 13.7. The molecule has 1 aromatic carbocycles. The first-order valence-corrected chi connectivity index (χ1v) is 12.1. The van der Waals surface area contributed by atoms with Gasteiger partial charge in [0.2, 0.25) is 5.95 Å². The summed E-state index contributed by atoms with van der Waals surface area (Å²) in [5.41, 5.74) is 3.66. The van der Waals surface area contributed by atoms with Crippen molar-refractivity contribution in [2.45, 2.75) is 18.9 Å². The number of hydrogen-bond donors (Lipinski definition) is 4. The van der Waals surface area contributed by atoms with Crippen LogP contribution in [0, 0.1) is 11.2 Å². The van der Waals surface area contributed by atoms with Crippen LogP contribution in [0.3, 0.4) is 0 Å². The number of aliphatic hydroxyl groups excluding tert-OH is 1. The molecule has 0 saturated carbocycles. The highest BCUT2D eigenvalue weighted by Crippen LogP contribution is 2.32. The Hall–Kier alpha value is -4.44. The minimum absolute atomic E-state index is 0.00639. The van der Waals surface area contributed by atoms with E-state index in [9.17, 15) is 4.39 Å². The standard InChI is InChI=1S/C27H27FN8O/c28-19-5-1-4-18(16-19)24-8-3-14-36(24)25(29)9-10-26-32-17-23(34-26)21-7-2-6-20(33-21)22-11-12-30-27(35-22)31-13-15-37/h1-2,4-7,9-12,16-17,24,29,37H,3,8,13-15H2,(H,32,34)(H,30,31,35)/b10-9-,29-25?. The predicted octanol–water partition coefficient (Wildman–Crippen LogP) is 4.30. The number of nitrogens with zero attached hydrogens (tertiary/aromatic N) is 5. The fourth-order valence-corrected chi connectivity index (χ4v) is 4.40. The van der Waals surface area contributed by atoms with Crippen molar-refractivity contribution in [3.8, 4) is 22.8 Å². The maximum atomic E-state index is 13.7. The molecule has 1 aliphatic heterocycles. The number of hydrogen-bond acceptors (Lipinski definition) is 7. The molecule has 1 fully saturated rings. The molecule has 37 heavy (non-hydrogen) atoms. The SMILES string of the molecule is N=C(/C=C\c1ncc(-c2cccc(-c3ccnc(NCCO)n3)n2)[nH]1)N1CCCC1c1cccc(F)c1. The topological polar surface area (TPSA) is 127 Å². The zero-order valence-electron chi connectivity index (χ0n) is 20.1. The summed E-state index contributed by atoms with van der Waals surface area (Å²) in [4.78, 5) is 23.0. The molecular formula is C27H27FN8O. The second-order valence-corrected chi connectivity index (χ2v) is 8.63. The van der Waals surface area contributed by atoms with Crippen molar-refractivity contribution < 1.29 is 9.50 Å². The van der Waals surface area contributed by atoms with Crippen LogP contribution in [0.25, 0.3) is 28.9 Å². The monoisotopic (exact) mass is 498 g/mol. The van der Waals surface area contributed by atoms with Gasteiger partial charge in [-0.3, -0.25) is 5.41 Å². The van der Waals surface area contributed by atoms with E-state index >= 15 is 0 Å². The molecule has 4 heterocycles. The predicted molar refractivity (Wildman–Crippen MR) is 140 cm³/mol. The van der Waals surface area contributed by atoms with E-state index in [2.05, 4.69) is 25.3 Å². The quantitative estimate of drug-likeness (QED) is 0.211. The number of benzene rings is 1. The van der Waals surface area contributed by atoms with E-state index in [0.717, 1.165) is 30.6 Å². The van der Waals surface area contributed by atoms with Gasteiger partial charge in [-0.15, -0.1) is 0 Å². The Labute approximate surface area is 213 Å². The molecule has 0 radical (unpaired) electrons. The Kier molecular flexibility index (Phi) is 7.27. The lowest BCUT2D eigenvalue weighted by atomic mass is 10.0. The molecule has 5 rings (SSSR count). The molecule has 1 atom stereocenters. The van der Waals surface area contributed by atoms with Crippen LogP contribution >= 0.6 is 0 Å². The van der Waals surface area contributed by atoms with E-state index in [1.165, 1.54) is 6.07 Å². The maximum Gasteiger partial charge on any atom is 0.223 e. The zero-order chi connectivity index (χ0) is 25.6. The van der Waals surface area contributed by atoms with E-state index in [0.29, 0.717) is 41.2 Å².